The molecular weight excluding hydrogens is 532 g/mol. The average molecular weight is 567 g/mol. The molecule has 1 heterocycles. The van der Waals surface area contributed by atoms with Crippen molar-refractivity contribution in [2.75, 3.05) is 19.6 Å². The van der Waals surface area contributed by atoms with Gasteiger partial charge in [0.15, 0.2) is 5.12 Å². The summed E-state index contributed by atoms with van der Waals surface area (Å²) in [6.07, 6.45) is 2.27. The van der Waals surface area contributed by atoms with Gasteiger partial charge < -0.3 is 4.90 Å². The van der Waals surface area contributed by atoms with E-state index in [9.17, 15) is 10.1 Å². The molecule has 0 aliphatic carbocycles. The first-order valence-corrected chi connectivity index (χ1v) is 14.7. The first-order chi connectivity index (χ1) is 19.2. The number of benzene rings is 4. The fourth-order valence-electron chi connectivity index (χ4n) is 5.80. The van der Waals surface area contributed by atoms with Crippen LogP contribution in [0.3, 0.4) is 0 Å². The van der Waals surface area contributed by atoms with E-state index in [2.05, 4.69) is 59.5 Å². The van der Waals surface area contributed by atoms with Gasteiger partial charge in [-0.15, -0.1) is 12.4 Å². The third-order valence-electron chi connectivity index (χ3n) is 8.17. The Morgan fingerprint density at radius 2 is 1.25 bits per heavy atom. The number of hydrogen-bond donors (Lipinski definition) is 0. The molecule has 204 valence electrons. The highest BCUT2D eigenvalue weighted by Crippen LogP contribution is 2.41. The Hall–Kier alpha value is -3.36. The molecule has 1 saturated heterocycles. The Labute approximate surface area is 248 Å². The van der Waals surface area contributed by atoms with Gasteiger partial charge in [0.05, 0.1) is 11.5 Å². The van der Waals surface area contributed by atoms with Crippen LogP contribution in [0.2, 0.25) is 0 Å². The smallest absolute Gasteiger partial charge is 0.199 e. The molecule has 1 fully saturated rings. The van der Waals surface area contributed by atoms with Gasteiger partial charge in [-0.1, -0.05) is 133 Å². The maximum Gasteiger partial charge on any atom is 0.199 e. The molecule has 5 rings (SSSR count). The van der Waals surface area contributed by atoms with Gasteiger partial charge in [-0.2, -0.15) is 5.26 Å². The van der Waals surface area contributed by atoms with Gasteiger partial charge in [0.25, 0.3) is 0 Å². The van der Waals surface area contributed by atoms with Gasteiger partial charge in [0.2, 0.25) is 0 Å². The summed E-state index contributed by atoms with van der Waals surface area (Å²) in [6.45, 7) is 2.46. The van der Waals surface area contributed by atoms with Crippen molar-refractivity contribution in [3.63, 3.8) is 0 Å². The number of nitrogens with zero attached hydrogens (tertiary/aromatic N) is 2. The van der Waals surface area contributed by atoms with E-state index in [4.69, 9.17) is 0 Å². The van der Waals surface area contributed by atoms with Crippen molar-refractivity contribution in [3.05, 3.63) is 144 Å². The third-order valence-corrected chi connectivity index (χ3v) is 9.30. The molecule has 0 radical (unpaired) electrons. The maximum absolute atomic E-state index is 13.8. The van der Waals surface area contributed by atoms with Crippen LogP contribution in [-0.2, 0) is 21.4 Å². The Morgan fingerprint density at radius 3 is 1.75 bits per heavy atom. The van der Waals surface area contributed by atoms with E-state index >= 15 is 0 Å². The first-order valence-electron chi connectivity index (χ1n) is 13.7. The number of thioether (sulfide) groups is 1. The summed E-state index contributed by atoms with van der Waals surface area (Å²) in [6, 6.07) is 43.5. The van der Waals surface area contributed by atoms with E-state index in [1.54, 1.807) is 0 Å². The molecule has 4 aromatic rings. The summed E-state index contributed by atoms with van der Waals surface area (Å²) in [5.74, 6) is 0.691. The van der Waals surface area contributed by atoms with Crippen molar-refractivity contribution in [3.8, 4) is 6.07 Å². The fourth-order valence-corrected chi connectivity index (χ4v) is 6.89. The molecule has 40 heavy (non-hydrogen) atoms. The third kappa shape index (κ3) is 6.34. The van der Waals surface area contributed by atoms with Crippen molar-refractivity contribution < 1.29 is 4.79 Å². The molecule has 0 unspecified atom stereocenters. The number of piperidine rings is 1. The number of hydrogen-bond acceptors (Lipinski definition) is 4. The fraction of sp³-hybridized carbons (Fsp3) is 0.257. The van der Waals surface area contributed by atoms with Crippen LogP contribution in [0, 0.1) is 11.3 Å². The Morgan fingerprint density at radius 1 is 0.775 bits per heavy atom. The zero-order chi connectivity index (χ0) is 27.0. The molecule has 3 nitrogen and oxygen atoms in total. The van der Waals surface area contributed by atoms with Gasteiger partial charge in [-0.25, -0.2) is 0 Å². The number of likely N-dealkylation sites (tertiary alicyclic amines) is 1. The van der Waals surface area contributed by atoms with Crippen LogP contribution < -0.4 is 0 Å². The van der Waals surface area contributed by atoms with Gasteiger partial charge >= 0.3 is 0 Å². The van der Waals surface area contributed by atoms with E-state index in [1.807, 2.05) is 72.8 Å². The van der Waals surface area contributed by atoms with Crippen molar-refractivity contribution in [1.82, 2.24) is 4.90 Å². The Bertz CT molecular complexity index is 1340. The van der Waals surface area contributed by atoms with Gasteiger partial charge in [-0.05, 0) is 54.6 Å². The predicted molar refractivity (Wildman–Crippen MR) is 168 cm³/mol. The number of halogens is 1. The molecule has 0 atom stereocenters. The van der Waals surface area contributed by atoms with Crippen molar-refractivity contribution in [2.24, 2.45) is 0 Å². The van der Waals surface area contributed by atoms with E-state index in [-0.39, 0.29) is 17.5 Å². The zero-order valence-corrected chi connectivity index (χ0v) is 24.2. The molecule has 0 N–H and O–H groups in total. The lowest BCUT2D eigenvalue weighted by atomic mass is 9.72. The molecule has 1 aliphatic heterocycles. The number of rotatable bonds is 9. The second-order valence-electron chi connectivity index (χ2n) is 10.4. The van der Waals surface area contributed by atoms with Gasteiger partial charge in [-0.3, -0.25) is 4.79 Å². The Balaban J connectivity index is 0.00000370. The minimum absolute atomic E-state index is 0. The Kier molecular flexibility index (Phi) is 10.2. The topological polar surface area (TPSA) is 44.1 Å². The van der Waals surface area contributed by atoms with Crippen molar-refractivity contribution in [1.29, 1.82) is 5.26 Å². The zero-order valence-electron chi connectivity index (χ0n) is 22.6. The summed E-state index contributed by atoms with van der Waals surface area (Å²) in [5.41, 5.74) is 3.16. The minimum atomic E-state index is -0.710. The van der Waals surface area contributed by atoms with E-state index in [0.717, 1.165) is 49.2 Å². The molecule has 1 aliphatic rings. The molecule has 0 bridgehead atoms. The maximum atomic E-state index is 13.8. The predicted octanol–water partition coefficient (Wildman–Crippen LogP) is 7.80. The van der Waals surface area contributed by atoms with Crippen LogP contribution in [0.5, 0.6) is 0 Å². The number of nitriles is 1. The number of carbonyl (C=O) groups excluding carboxylic acids is 1. The quantitative estimate of drug-likeness (QED) is 0.207. The van der Waals surface area contributed by atoms with Crippen LogP contribution in [0.4, 0.5) is 0 Å². The van der Waals surface area contributed by atoms with E-state index < -0.39 is 10.8 Å². The largest absolute Gasteiger partial charge is 0.303 e. The SMILES string of the molecule is Cl.N#CC(CCN1CCC(C(=O)SCc2ccccc2)(c2ccccc2)CC1)(c1ccccc1)c1ccccc1. The highest BCUT2D eigenvalue weighted by atomic mass is 35.5. The van der Waals surface area contributed by atoms with Crippen molar-refractivity contribution in [2.45, 2.75) is 35.8 Å². The monoisotopic (exact) mass is 566 g/mol. The van der Waals surface area contributed by atoms with E-state index in [0.29, 0.717) is 12.2 Å². The van der Waals surface area contributed by atoms with Crippen LogP contribution in [-0.4, -0.2) is 29.6 Å². The second kappa shape index (κ2) is 13.8. The molecule has 0 amide bonds. The van der Waals surface area contributed by atoms with Gasteiger partial charge in [0, 0.05) is 12.3 Å². The highest BCUT2D eigenvalue weighted by Gasteiger charge is 2.43. The lowest BCUT2D eigenvalue weighted by molar-refractivity contribution is -0.117. The highest BCUT2D eigenvalue weighted by molar-refractivity contribution is 8.13. The molecule has 0 spiro atoms. The number of carbonyl (C=O) groups is 1. The van der Waals surface area contributed by atoms with Gasteiger partial charge in [0.1, 0.15) is 5.41 Å². The summed E-state index contributed by atoms with van der Waals surface area (Å²) in [5, 5.41) is 10.8. The van der Waals surface area contributed by atoms with Crippen LogP contribution in [0.25, 0.3) is 0 Å². The van der Waals surface area contributed by atoms with Crippen molar-refractivity contribution >= 4 is 29.3 Å². The molecular formula is C35H35ClN2OS. The second-order valence-corrected chi connectivity index (χ2v) is 11.3. The molecule has 5 heteroatoms. The van der Waals surface area contributed by atoms with Crippen LogP contribution in [0.15, 0.2) is 121 Å². The van der Waals surface area contributed by atoms with Crippen LogP contribution in [0.1, 0.15) is 41.5 Å². The lowest BCUT2D eigenvalue weighted by Gasteiger charge is -2.42. The normalized spacial score (nSPS) is 15.0. The molecule has 0 aromatic heterocycles. The molecule has 4 aromatic carbocycles. The molecule has 0 saturated carbocycles. The summed E-state index contributed by atoms with van der Waals surface area (Å²) >= 11 is 1.45. The summed E-state index contributed by atoms with van der Waals surface area (Å²) in [7, 11) is 0. The van der Waals surface area contributed by atoms with Crippen LogP contribution >= 0.6 is 24.2 Å². The standard InChI is InChI=1S/C35H34N2OS.ClH/c36-28-35(31-17-9-3-10-18-31,32-19-11-4-12-20-32)23-26-37-24-21-34(22-25-37,30-15-7-2-8-16-30)33(38)39-27-29-13-5-1-6-14-29;/h1-20H,21-27H2;1H. The van der Waals surface area contributed by atoms with E-state index in [1.165, 1.54) is 17.3 Å². The summed E-state index contributed by atoms with van der Waals surface area (Å²) in [4.78, 5) is 16.3. The minimum Gasteiger partial charge on any atom is -0.303 e. The summed E-state index contributed by atoms with van der Waals surface area (Å²) < 4.78 is 0. The lowest BCUT2D eigenvalue weighted by Crippen LogP contribution is -2.47. The first kappa shape index (κ1) is 29.6. The average Bonchev–Trinajstić information content (AvgIpc) is 3.03.